The van der Waals surface area contributed by atoms with E-state index < -0.39 is 0 Å². The number of nitrogens with zero attached hydrogens (tertiary/aromatic N) is 3. The van der Waals surface area contributed by atoms with E-state index in [4.69, 9.17) is 5.73 Å². The Morgan fingerprint density at radius 2 is 1.81 bits per heavy atom. The highest BCUT2D eigenvalue weighted by Gasteiger charge is 2.13. The number of anilines is 1. The minimum atomic E-state index is -0.376. The summed E-state index contributed by atoms with van der Waals surface area (Å²) in [6, 6.07) is 7.48. The van der Waals surface area contributed by atoms with Crippen LogP contribution in [0.25, 0.3) is 0 Å². The highest BCUT2D eigenvalue weighted by atomic mass is 16.1. The van der Waals surface area contributed by atoms with Crippen molar-refractivity contribution >= 4 is 11.6 Å². The van der Waals surface area contributed by atoms with Gasteiger partial charge in [-0.25, -0.2) is 0 Å². The molecule has 2 rings (SSSR count). The van der Waals surface area contributed by atoms with Crippen LogP contribution in [0.1, 0.15) is 16.8 Å². The molecule has 1 aromatic carbocycles. The van der Waals surface area contributed by atoms with Crippen molar-refractivity contribution in [3.8, 4) is 0 Å². The molecule has 1 fully saturated rings. The van der Waals surface area contributed by atoms with Gasteiger partial charge in [-0.3, -0.25) is 4.79 Å². The van der Waals surface area contributed by atoms with Crippen LogP contribution in [0.3, 0.4) is 0 Å². The van der Waals surface area contributed by atoms with E-state index >= 15 is 0 Å². The molecule has 0 spiro atoms. The van der Waals surface area contributed by atoms with E-state index in [0.29, 0.717) is 5.56 Å². The van der Waals surface area contributed by atoms with E-state index in [2.05, 4.69) is 28.8 Å². The number of hydrogen-bond acceptors (Lipinski definition) is 4. The Morgan fingerprint density at radius 1 is 1.19 bits per heavy atom. The van der Waals surface area contributed by atoms with E-state index in [1.54, 1.807) is 12.1 Å². The topological polar surface area (TPSA) is 52.8 Å². The fourth-order valence-corrected chi connectivity index (χ4v) is 2.61. The maximum atomic E-state index is 11.1. The van der Waals surface area contributed by atoms with Crippen LogP contribution < -0.4 is 10.6 Å². The van der Waals surface area contributed by atoms with Crippen molar-refractivity contribution in [1.29, 1.82) is 0 Å². The minimum Gasteiger partial charge on any atom is -0.375 e. The number of piperazine rings is 1. The van der Waals surface area contributed by atoms with E-state index in [1.165, 1.54) is 26.2 Å². The van der Waals surface area contributed by atoms with Gasteiger partial charge in [0.15, 0.2) is 0 Å². The van der Waals surface area contributed by atoms with Crippen molar-refractivity contribution in [2.45, 2.75) is 6.42 Å². The summed E-state index contributed by atoms with van der Waals surface area (Å²) in [5, 5.41) is 0. The number of hydrogen-bond donors (Lipinski definition) is 1. The lowest BCUT2D eigenvalue weighted by atomic mass is 10.2. The van der Waals surface area contributed by atoms with Crippen LogP contribution in [-0.2, 0) is 0 Å². The van der Waals surface area contributed by atoms with Crippen LogP contribution in [0.4, 0.5) is 5.69 Å². The summed E-state index contributed by atoms with van der Waals surface area (Å²) in [4.78, 5) is 18.2. The van der Waals surface area contributed by atoms with Crippen LogP contribution in [-0.4, -0.2) is 69.1 Å². The molecule has 0 unspecified atom stereocenters. The molecule has 1 amide bonds. The Labute approximate surface area is 127 Å². The first kappa shape index (κ1) is 15.8. The molecule has 0 atom stereocenters. The van der Waals surface area contributed by atoms with Gasteiger partial charge < -0.3 is 20.4 Å². The molecule has 1 aliphatic heterocycles. The maximum absolute atomic E-state index is 11.1. The first-order valence-corrected chi connectivity index (χ1v) is 7.58. The quantitative estimate of drug-likeness (QED) is 0.844. The number of carbonyl (C=O) groups is 1. The molecule has 5 nitrogen and oxygen atoms in total. The molecular weight excluding hydrogens is 264 g/mol. The fraction of sp³-hybridized carbons (Fsp3) is 0.562. The Morgan fingerprint density at radius 3 is 2.38 bits per heavy atom. The van der Waals surface area contributed by atoms with Gasteiger partial charge in [-0.1, -0.05) is 0 Å². The third-order valence-electron chi connectivity index (χ3n) is 4.16. The standard InChI is InChI=1S/C16H26N4O/c1-18-10-12-20(13-11-18)9-3-8-19(2)15-6-4-14(5-7-15)16(17)21/h4-7H,3,8-13H2,1-2H3,(H2,17,21). The maximum Gasteiger partial charge on any atom is 0.248 e. The molecule has 0 saturated carbocycles. The van der Waals surface area contributed by atoms with E-state index in [-0.39, 0.29) is 5.91 Å². The van der Waals surface area contributed by atoms with Gasteiger partial charge in [0.25, 0.3) is 0 Å². The second-order valence-corrected chi connectivity index (χ2v) is 5.83. The molecule has 1 aliphatic rings. The number of likely N-dealkylation sites (N-methyl/N-ethyl adjacent to an activating group) is 1. The molecule has 0 radical (unpaired) electrons. The van der Waals surface area contributed by atoms with E-state index in [9.17, 15) is 4.79 Å². The van der Waals surface area contributed by atoms with Crippen molar-refractivity contribution in [3.63, 3.8) is 0 Å². The Kier molecular flexibility index (Phi) is 5.59. The van der Waals surface area contributed by atoms with E-state index in [0.717, 1.165) is 25.2 Å². The molecule has 2 N–H and O–H groups in total. The zero-order valence-corrected chi connectivity index (χ0v) is 13.1. The summed E-state index contributed by atoms with van der Waals surface area (Å²) in [5.41, 5.74) is 6.93. The molecule has 21 heavy (non-hydrogen) atoms. The molecule has 5 heteroatoms. The first-order valence-electron chi connectivity index (χ1n) is 7.58. The van der Waals surface area contributed by atoms with Gasteiger partial charge in [0, 0.05) is 51.0 Å². The molecule has 0 aliphatic carbocycles. The van der Waals surface area contributed by atoms with Crippen LogP contribution >= 0.6 is 0 Å². The monoisotopic (exact) mass is 290 g/mol. The van der Waals surface area contributed by atoms with E-state index in [1.807, 2.05) is 12.1 Å². The van der Waals surface area contributed by atoms with Crippen LogP contribution in [0.5, 0.6) is 0 Å². The molecular formula is C16H26N4O. The SMILES string of the molecule is CN1CCN(CCCN(C)c2ccc(C(N)=O)cc2)CC1. The predicted octanol–water partition coefficient (Wildman–Crippen LogP) is 0.859. The summed E-state index contributed by atoms with van der Waals surface area (Å²) in [6.07, 6.45) is 1.15. The summed E-state index contributed by atoms with van der Waals surface area (Å²) in [7, 11) is 4.27. The van der Waals surface area contributed by atoms with Crippen molar-refractivity contribution in [3.05, 3.63) is 29.8 Å². The third-order valence-corrected chi connectivity index (χ3v) is 4.16. The largest absolute Gasteiger partial charge is 0.375 e. The number of primary amides is 1. The van der Waals surface area contributed by atoms with Crippen molar-refractivity contribution in [1.82, 2.24) is 9.80 Å². The summed E-state index contributed by atoms with van der Waals surface area (Å²) < 4.78 is 0. The highest BCUT2D eigenvalue weighted by molar-refractivity contribution is 5.93. The van der Waals surface area contributed by atoms with Crippen molar-refractivity contribution < 1.29 is 4.79 Å². The molecule has 1 saturated heterocycles. The lowest BCUT2D eigenvalue weighted by molar-refractivity contribution is 0.100. The van der Waals surface area contributed by atoms with Gasteiger partial charge in [-0.2, -0.15) is 0 Å². The summed E-state index contributed by atoms with van der Waals surface area (Å²) in [6.45, 7) is 6.86. The van der Waals surface area contributed by atoms with Gasteiger partial charge in [0.05, 0.1) is 0 Å². The van der Waals surface area contributed by atoms with Gasteiger partial charge in [0.1, 0.15) is 0 Å². The Bertz CT molecular complexity index is 452. The van der Waals surface area contributed by atoms with Gasteiger partial charge in [0.2, 0.25) is 5.91 Å². The molecule has 1 heterocycles. The average Bonchev–Trinajstić information content (AvgIpc) is 2.49. The Balaban J connectivity index is 1.74. The lowest BCUT2D eigenvalue weighted by Gasteiger charge is -2.32. The van der Waals surface area contributed by atoms with Crippen LogP contribution in [0.15, 0.2) is 24.3 Å². The van der Waals surface area contributed by atoms with Gasteiger partial charge >= 0.3 is 0 Å². The van der Waals surface area contributed by atoms with Crippen LogP contribution in [0.2, 0.25) is 0 Å². The lowest BCUT2D eigenvalue weighted by Crippen LogP contribution is -2.45. The second-order valence-electron chi connectivity index (χ2n) is 5.83. The van der Waals surface area contributed by atoms with Gasteiger partial charge in [-0.05, 0) is 44.3 Å². The smallest absolute Gasteiger partial charge is 0.248 e. The number of amides is 1. The summed E-state index contributed by atoms with van der Waals surface area (Å²) in [5.74, 6) is -0.376. The highest BCUT2D eigenvalue weighted by Crippen LogP contribution is 2.14. The first-order chi connectivity index (χ1) is 10.1. The number of nitrogens with two attached hydrogens (primary N) is 1. The molecule has 116 valence electrons. The van der Waals surface area contributed by atoms with Gasteiger partial charge in [-0.15, -0.1) is 0 Å². The zero-order valence-electron chi connectivity index (χ0n) is 13.1. The number of rotatable bonds is 6. The van der Waals surface area contributed by atoms with Crippen molar-refractivity contribution in [2.75, 3.05) is 58.3 Å². The molecule has 1 aromatic rings. The zero-order chi connectivity index (χ0) is 15.2. The predicted molar refractivity (Wildman–Crippen MR) is 86.8 cm³/mol. The Hall–Kier alpha value is -1.59. The summed E-state index contributed by atoms with van der Waals surface area (Å²) >= 11 is 0. The van der Waals surface area contributed by atoms with Crippen LogP contribution in [0, 0.1) is 0 Å². The normalized spacial score (nSPS) is 16.9. The average molecular weight is 290 g/mol. The van der Waals surface area contributed by atoms with Crippen molar-refractivity contribution in [2.24, 2.45) is 5.73 Å². The third kappa shape index (κ3) is 4.72. The molecule has 0 aromatic heterocycles. The minimum absolute atomic E-state index is 0.376. The number of benzene rings is 1. The second kappa shape index (κ2) is 7.43. The number of carbonyl (C=O) groups excluding carboxylic acids is 1. The molecule has 0 bridgehead atoms. The fourth-order valence-electron chi connectivity index (χ4n) is 2.61.